The molecule has 14 heavy (non-hydrogen) atoms. The number of aryl methyl sites for hydroxylation is 1. The molecule has 1 fully saturated rings. The van der Waals surface area contributed by atoms with Crippen LogP contribution < -0.4 is 0 Å². The Bertz CT molecular complexity index is 348. The summed E-state index contributed by atoms with van der Waals surface area (Å²) in [6.45, 7) is 1.86. The van der Waals surface area contributed by atoms with E-state index in [9.17, 15) is 0 Å². The van der Waals surface area contributed by atoms with Crippen LogP contribution in [0.2, 0.25) is 0 Å². The fourth-order valence-corrected chi connectivity index (χ4v) is 2.12. The molecule has 1 aliphatic heterocycles. The molecule has 2 rings (SSSR count). The summed E-state index contributed by atoms with van der Waals surface area (Å²) in [6.07, 6.45) is 11.8. The Morgan fingerprint density at radius 1 is 1.71 bits per heavy atom. The van der Waals surface area contributed by atoms with Gasteiger partial charge in [0.1, 0.15) is 0 Å². The van der Waals surface area contributed by atoms with Gasteiger partial charge in [-0.15, -0.1) is 6.42 Å². The average molecular weight is 189 g/mol. The van der Waals surface area contributed by atoms with Crippen molar-refractivity contribution in [3.8, 4) is 12.3 Å². The van der Waals surface area contributed by atoms with E-state index in [0.29, 0.717) is 6.04 Å². The third-order valence-corrected chi connectivity index (χ3v) is 2.77. The zero-order chi connectivity index (χ0) is 9.97. The van der Waals surface area contributed by atoms with Crippen molar-refractivity contribution in [2.24, 2.45) is 7.05 Å². The molecule has 0 saturated carbocycles. The molecular formula is C11H15N3. The van der Waals surface area contributed by atoms with Crippen LogP contribution in [0.25, 0.3) is 0 Å². The van der Waals surface area contributed by atoms with Crippen molar-refractivity contribution < 1.29 is 0 Å². The average Bonchev–Trinajstić information content (AvgIpc) is 2.74. The third kappa shape index (κ3) is 1.66. The van der Waals surface area contributed by atoms with E-state index in [-0.39, 0.29) is 0 Å². The lowest BCUT2D eigenvalue weighted by Gasteiger charge is -2.20. The summed E-state index contributed by atoms with van der Waals surface area (Å²) < 4.78 is 1.85. The molecule has 0 amide bonds. The number of hydrogen-bond acceptors (Lipinski definition) is 2. The number of rotatable bonds is 2. The minimum atomic E-state index is 0.486. The van der Waals surface area contributed by atoms with Crippen molar-refractivity contribution in [3.63, 3.8) is 0 Å². The minimum Gasteiger partial charge on any atom is -0.285 e. The van der Waals surface area contributed by atoms with Crippen LogP contribution in [0.5, 0.6) is 0 Å². The van der Waals surface area contributed by atoms with Crippen molar-refractivity contribution in [1.82, 2.24) is 14.7 Å². The molecule has 3 nitrogen and oxygen atoms in total. The minimum absolute atomic E-state index is 0.486. The van der Waals surface area contributed by atoms with Crippen molar-refractivity contribution in [2.75, 3.05) is 13.1 Å². The first kappa shape index (κ1) is 9.29. The Labute approximate surface area is 84.7 Å². The van der Waals surface area contributed by atoms with Crippen LogP contribution in [0.1, 0.15) is 24.4 Å². The molecule has 3 heteroatoms. The Morgan fingerprint density at radius 3 is 3.21 bits per heavy atom. The van der Waals surface area contributed by atoms with Gasteiger partial charge in [-0.1, -0.05) is 5.92 Å². The maximum absolute atomic E-state index is 5.34. The van der Waals surface area contributed by atoms with E-state index in [1.165, 1.54) is 18.4 Å². The van der Waals surface area contributed by atoms with E-state index in [0.717, 1.165) is 13.1 Å². The summed E-state index contributed by atoms with van der Waals surface area (Å²) in [5, 5.41) is 4.19. The van der Waals surface area contributed by atoms with E-state index in [4.69, 9.17) is 6.42 Å². The SMILES string of the molecule is C#CCN1CCCC1c1cnn(C)c1. The second kappa shape index (κ2) is 3.85. The lowest BCUT2D eigenvalue weighted by Crippen LogP contribution is -2.23. The second-order valence-corrected chi connectivity index (χ2v) is 3.78. The van der Waals surface area contributed by atoms with E-state index >= 15 is 0 Å². The van der Waals surface area contributed by atoms with Gasteiger partial charge in [-0.25, -0.2) is 0 Å². The van der Waals surface area contributed by atoms with Gasteiger partial charge in [-0.2, -0.15) is 5.10 Å². The maximum atomic E-state index is 5.34. The first-order valence-electron chi connectivity index (χ1n) is 4.97. The molecule has 1 unspecified atom stereocenters. The molecule has 0 radical (unpaired) electrons. The van der Waals surface area contributed by atoms with Crippen molar-refractivity contribution in [3.05, 3.63) is 18.0 Å². The molecule has 1 aromatic heterocycles. The summed E-state index contributed by atoms with van der Waals surface area (Å²) in [6, 6.07) is 0.486. The number of terminal acetylenes is 1. The van der Waals surface area contributed by atoms with E-state index in [2.05, 4.69) is 22.1 Å². The molecule has 74 valence electrons. The van der Waals surface area contributed by atoms with Gasteiger partial charge in [0.15, 0.2) is 0 Å². The molecule has 0 bridgehead atoms. The van der Waals surface area contributed by atoms with Gasteiger partial charge in [-0.3, -0.25) is 9.58 Å². The highest BCUT2D eigenvalue weighted by molar-refractivity contribution is 5.13. The summed E-state index contributed by atoms with van der Waals surface area (Å²) in [5.41, 5.74) is 1.29. The fraction of sp³-hybridized carbons (Fsp3) is 0.545. The van der Waals surface area contributed by atoms with E-state index in [1.54, 1.807) is 0 Å². The number of hydrogen-bond donors (Lipinski definition) is 0. The normalized spacial score (nSPS) is 22.4. The highest BCUT2D eigenvalue weighted by Gasteiger charge is 2.25. The molecule has 1 saturated heterocycles. The number of aromatic nitrogens is 2. The van der Waals surface area contributed by atoms with Crippen LogP contribution in [0.4, 0.5) is 0 Å². The topological polar surface area (TPSA) is 21.1 Å². The molecule has 1 aliphatic rings. The van der Waals surface area contributed by atoms with Gasteiger partial charge >= 0.3 is 0 Å². The zero-order valence-corrected chi connectivity index (χ0v) is 8.48. The highest BCUT2D eigenvalue weighted by atomic mass is 15.3. The van der Waals surface area contributed by atoms with Crippen LogP contribution in [-0.4, -0.2) is 27.8 Å². The Hall–Kier alpha value is -1.27. The first-order valence-corrected chi connectivity index (χ1v) is 4.97. The molecule has 1 atom stereocenters. The summed E-state index contributed by atoms with van der Waals surface area (Å²) in [5.74, 6) is 2.71. The van der Waals surface area contributed by atoms with Gasteiger partial charge in [0.25, 0.3) is 0 Å². The van der Waals surface area contributed by atoms with Crippen LogP contribution in [-0.2, 0) is 7.05 Å². The quantitative estimate of drug-likeness (QED) is 0.652. The molecule has 2 heterocycles. The fourth-order valence-electron chi connectivity index (χ4n) is 2.12. The predicted molar refractivity (Wildman–Crippen MR) is 55.6 cm³/mol. The van der Waals surface area contributed by atoms with Crippen molar-refractivity contribution in [1.29, 1.82) is 0 Å². The smallest absolute Gasteiger partial charge is 0.0604 e. The van der Waals surface area contributed by atoms with Crippen LogP contribution in [0.3, 0.4) is 0 Å². The molecule has 0 aliphatic carbocycles. The molecule has 0 spiro atoms. The molecular weight excluding hydrogens is 174 g/mol. The zero-order valence-electron chi connectivity index (χ0n) is 8.48. The molecule has 1 aromatic rings. The number of likely N-dealkylation sites (tertiary alicyclic amines) is 1. The monoisotopic (exact) mass is 189 g/mol. The van der Waals surface area contributed by atoms with Gasteiger partial charge in [-0.05, 0) is 19.4 Å². The Kier molecular flexibility index (Phi) is 2.55. The van der Waals surface area contributed by atoms with Gasteiger partial charge < -0.3 is 0 Å². The first-order chi connectivity index (χ1) is 6.81. The lowest BCUT2D eigenvalue weighted by atomic mass is 10.1. The lowest BCUT2D eigenvalue weighted by molar-refractivity contribution is 0.290. The largest absolute Gasteiger partial charge is 0.285 e. The van der Waals surface area contributed by atoms with Crippen molar-refractivity contribution >= 4 is 0 Å². The van der Waals surface area contributed by atoms with Gasteiger partial charge in [0.2, 0.25) is 0 Å². The maximum Gasteiger partial charge on any atom is 0.0604 e. The predicted octanol–water partition coefficient (Wildman–Crippen LogP) is 1.19. The van der Waals surface area contributed by atoms with E-state index < -0.39 is 0 Å². The van der Waals surface area contributed by atoms with Crippen molar-refractivity contribution in [2.45, 2.75) is 18.9 Å². The van der Waals surface area contributed by atoms with E-state index in [1.807, 2.05) is 17.9 Å². The van der Waals surface area contributed by atoms with Crippen LogP contribution >= 0.6 is 0 Å². The van der Waals surface area contributed by atoms with Crippen LogP contribution in [0.15, 0.2) is 12.4 Å². The molecule has 0 N–H and O–H groups in total. The van der Waals surface area contributed by atoms with Gasteiger partial charge in [0.05, 0.1) is 12.7 Å². The summed E-state index contributed by atoms with van der Waals surface area (Å²) in [4.78, 5) is 2.34. The third-order valence-electron chi connectivity index (χ3n) is 2.77. The van der Waals surface area contributed by atoms with Crippen LogP contribution in [0, 0.1) is 12.3 Å². The van der Waals surface area contributed by atoms with Gasteiger partial charge in [0, 0.05) is 24.8 Å². The standard InChI is InChI=1S/C11H15N3/c1-3-6-14-7-4-5-11(14)10-8-12-13(2)9-10/h1,8-9,11H,4-7H2,2H3. The Morgan fingerprint density at radius 2 is 2.57 bits per heavy atom. The summed E-state index contributed by atoms with van der Waals surface area (Å²) >= 11 is 0. The molecule has 0 aromatic carbocycles. The number of nitrogens with zero attached hydrogens (tertiary/aromatic N) is 3. The second-order valence-electron chi connectivity index (χ2n) is 3.78. The Balaban J connectivity index is 2.14. The highest BCUT2D eigenvalue weighted by Crippen LogP contribution is 2.30. The summed E-state index contributed by atoms with van der Waals surface area (Å²) in [7, 11) is 1.95.